The van der Waals surface area contributed by atoms with Crippen LogP contribution < -0.4 is 30.9 Å². The van der Waals surface area contributed by atoms with Crippen LogP contribution in [0.2, 0.25) is 5.02 Å². The van der Waals surface area contributed by atoms with Crippen LogP contribution in [0.4, 0.5) is 34.5 Å². The van der Waals surface area contributed by atoms with Crippen molar-refractivity contribution in [2.75, 3.05) is 73.8 Å². The number of anilines is 6. The molecular formula is C44H52ClN9O5. The van der Waals surface area contributed by atoms with E-state index in [0.29, 0.717) is 77.7 Å². The molecule has 15 heteroatoms. The summed E-state index contributed by atoms with van der Waals surface area (Å²) in [7, 11) is 1.62. The van der Waals surface area contributed by atoms with Crippen LogP contribution in [-0.4, -0.2) is 102 Å². The largest absolute Gasteiger partial charge is 0.494 e. The minimum absolute atomic E-state index is 0.0738. The van der Waals surface area contributed by atoms with Crippen LogP contribution in [0.3, 0.4) is 0 Å². The van der Waals surface area contributed by atoms with Crippen LogP contribution in [0.15, 0.2) is 72.9 Å². The van der Waals surface area contributed by atoms with Crippen molar-refractivity contribution in [1.29, 1.82) is 0 Å². The molecule has 3 aliphatic rings. The molecule has 4 aromatic rings. The number of amides is 3. The Hall–Kier alpha value is -5.73. The second-order valence-corrected chi connectivity index (χ2v) is 15.7. The summed E-state index contributed by atoms with van der Waals surface area (Å²) in [5, 5.41) is 12.4. The Morgan fingerprint density at radius 3 is 2.39 bits per heavy atom. The maximum absolute atomic E-state index is 13.2. The predicted octanol–water partition coefficient (Wildman–Crippen LogP) is 6.74. The van der Waals surface area contributed by atoms with E-state index < -0.39 is 0 Å². The van der Waals surface area contributed by atoms with Gasteiger partial charge in [-0.05, 0) is 107 Å². The first-order valence-electron chi connectivity index (χ1n) is 20.4. The molecule has 0 radical (unpaired) electrons. The number of likely N-dealkylation sites (tertiary alicyclic amines) is 1. The zero-order chi connectivity index (χ0) is 41.3. The molecule has 4 heterocycles. The molecule has 1 atom stereocenters. The molecule has 59 heavy (non-hydrogen) atoms. The summed E-state index contributed by atoms with van der Waals surface area (Å²) in [6, 6.07) is 21.1. The summed E-state index contributed by atoms with van der Waals surface area (Å²) in [6.45, 7) is 7.41. The number of halogens is 1. The minimum Gasteiger partial charge on any atom is -0.494 e. The molecule has 3 amide bonds. The van der Waals surface area contributed by atoms with Gasteiger partial charge < -0.3 is 35.4 Å². The SMILES string of the molecule is COc1cc(N2CCN(C(=O)CCCCN3CCC(c4ccc(NC5CCC(=O)NC5=O)cc4)CC3)CC2)ccc1Nc1ncc(Cl)c(Nc2ccccc2C(C)=O)n1. The maximum Gasteiger partial charge on any atom is 0.249 e. The van der Waals surface area contributed by atoms with E-state index in [-0.39, 0.29) is 29.5 Å². The zero-order valence-electron chi connectivity index (χ0n) is 33.6. The first-order chi connectivity index (χ1) is 28.6. The van der Waals surface area contributed by atoms with Gasteiger partial charge in [-0.15, -0.1) is 0 Å². The number of imide groups is 1. The Kier molecular flexibility index (Phi) is 13.6. The molecular weight excluding hydrogens is 770 g/mol. The highest BCUT2D eigenvalue weighted by atomic mass is 35.5. The number of ketones is 1. The average Bonchev–Trinajstić information content (AvgIpc) is 3.25. The van der Waals surface area contributed by atoms with Crippen molar-refractivity contribution >= 4 is 69.6 Å². The number of carbonyl (C=O) groups excluding carboxylic acids is 4. The van der Waals surface area contributed by atoms with Gasteiger partial charge in [-0.25, -0.2) is 4.98 Å². The second kappa shape index (κ2) is 19.3. The van der Waals surface area contributed by atoms with Crippen LogP contribution >= 0.6 is 11.6 Å². The Morgan fingerprint density at radius 1 is 0.898 bits per heavy atom. The van der Waals surface area contributed by atoms with Crippen LogP contribution in [0.1, 0.15) is 73.7 Å². The number of hydrogen-bond acceptors (Lipinski definition) is 12. The number of para-hydroxylation sites is 1. The summed E-state index contributed by atoms with van der Waals surface area (Å²) in [5.74, 6) is 1.48. The van der Waals surface area contributed by atoms with Gasteiger partial charge in [0.1, 0.15) is 16.8 Å². The lowest BCUT2D eigenvalue weighted by atomic mass is 9.89. The van der Waals surface area contributed by atoms with Crippen LogP contribution in [0.25, 0.3) is 0 Å². The lowest BCUT2D eigenvalue weighted by Gasteiger charge is -2.36. The fourth-order valence-electron chi connectivity index (χ4n) is 8.00. The molecule has 1 unspecified atom stereocenters. The molecule has 0 bridgehead atoms. The van der Waals surface area contributed by atoms with Crippen LogP contribution in [0, 0.1) is 0 Å². The van der Waals surface area contributed by atoms with Crippen molar-refractivity contribution in [3.63, 3.8) is 0 Å². The Morgan fingerprint density at radius 2 is 1.66 bits per heavy atom. The number of benzene rings is 3. The van der Waals surface area contributed by atoms with Crippen LogP contribution in [0.5, 0.6) is 5.75 Å². The standard InChI is InChI=1S/C44H52ClN9O5/c1-29(55)34-7-3-4-8-36(34)48-42-35(45)28-46-44(51-42)49-37-15-14-33(27-39(37)59-2)53-23-25-54(26-24-53)41(57)9-5-6-20-52-21-18-31(19-22-52)30-10-12-32(13-11-30)47-38-16-17-40(56)50-43(38)58/h3-4,7-8,10-15,27-28,31,38,47H,5-6,9,16-26H2,1-2H3,(H,50,56,58)(H2,46,48,49,51). The summed E-state index contributed by atoms with van der Waals surface area (Å²) in [4.78, 5) is 64.5. The van der Waals surface area contributed by atoms with Crippen molar-refractivity contribution in [2.24, 2.45) is 0 Å². The number of Topliss-reactive ketones (excluding diaryl/α,β-unsaturated/α-hetero) is 1. The number of piperidine rings is 2. The number of hydrogen-bond donors (Lipinski definition) is 4. The normalized spacial score (nSPS) is 17.6. The van der Waals surface area contributed by atoms with Gasteiger partial charge in [0.25, 0.3) is 0 Å². The number of methoxy groups -OCH3 is 1. The molecule has 310 valence electrons. The van der Waals surface area contributed by atoms with Gasteiger partial charge in [0.15, 0.2) is 11.6 Å². The van der Waals surface area contributed by atoms with Gasteiger partial charge in [-0.2, -0.15) is 4.98 Å². The van der Waals surface area contributed by atoms with Crippen molar-refractivity contribution in [3.8, 4) is 5.75 Å². The second-order valence-electron chi connectivity index (χ2n) is 15.3. The third-order valence-corrected chi connectivity index (χ3v) is 11.7. The fraction of sp³-hybridized carbons (Fsp3) is 0.409. The van der Waals surface area contributed by atoms with E-state index in [9.17, 15) is 19.2 Å². The quantitative estimate of drug-likeness (QED) is 0.0569. The lowest BCUT2D eigenvalue weighted by Crippen LogP contribution is -2.48. The highest BCUT2D eigenvalue weighted by Gasteiger charge is 2.27. The average molecular weight is 822 g/mol. The summed E-state index contributed by atoms with van der Waals surface area (Å²) in [5.41, 5.74) is 5.03. The number of piperazine rings is 1. The van der Waals surface area contributed by atoms with Crippen molar-refractivity contribution < 1.29 is 23.9 Å². The van der Waals surface area contributed by atoms with E-state index in [1.165, 1.54) is 18.7 Å². The van der Waals surface area contributed by atoms with Crippen LogP contribution in [-0.2, 0) is 14.4 Å². The molecule has 3 saturated heterocycles. The smallest absolute Gasteiger partial charge is 0.249 e. The molecule has 0 aliphatic carbocycles. The summed E-state index contributed by atoms with van der Waals surface area (Å²) in [6.07, 6.45) is 7.02. The number of nitrogens with zero attached hydrogens (tertiary/aromatic N) is 5. The van der Waals surface area contributed by atoms with Gasteiger partial charge in [0.05, 0.1) is 24.7 Å². The number of aromatic nitrogens is 2. The van der Waals surface area contributed by atoms with E-state index in [4.69, 9.17) is 16.3 Å². The monoisotopic (exact) mass is 821 g/mol. The van der Waals surface area contributed by atoms with Crippen molar-refractivity contribution in [2.45, 2.75) is 63.8 Å². The molecule has 0 spiro atoms. The van der Waals surface area contributed by atoms with Gasteiger partial charge in [0, 0.05) is 62.0 Å². The first-order valence-corrected chi connectivity index (χ1v) is 20.8. The number of unbranched alkanes of at least 4 members (excludes halogenated alkanes) is 1. The number of carbonyl (C=O) groups is 4. The molecule has 14 nitrogen and oxygen atoms in total. The molecule has 3 fully saturated rings. The van der Waals surface area contributed by atoms with Crippen molar-refractivity contribution in [1.82, 2.24) is 25.1 Å². The minimum atomic E-state index is -0.378. The van der Waals surface area contributed by atoms with Crippen molar-refractivity contribution in [3.05, 3.63) is 89.1 Å². The van der Waals surface area contributed by atoms with E-state index in [1.807, 2.05) is 41.3 Å². The highest BCUT2D eigenvalue weighted by molar-refractivity contribution is 6.33. The van der Waals surface area contributed by atoms with Gasteiger partial charge >= 0.3 is 0 Å². The molecule has 1 aromatic heterocycles. The van der Waals surface area contributed by atoms with Gasteiger partial charge in [-0.1, -0.05) is 35.9 Å². The number of ether oxygens (including phenoxy) is 1. The van der Waals surface area contributed by atoms with E-state index in [2.05, 4.69) is 53.2 Å². The topological polar surface area (TPSA) is 161 Å². The predicted molar refractivity (Wildman–Crippen MR) is 230 cm³/mol. The third kappa shape index (κ3) is 10.7. The number of rotatable bonds is 15. The Bertz CT molecular complexity index is 2140. The molecule has 7 rings (SSSR count). The highest BCUT2D eigenvalue weighted by Crippen LogP contribution is 2.34. The summed E-state index contributed by atoms with van der Waals surface area (Å²) < 4.78 is 5.74. The van der Waals surface area contributed by atoms with Gasteiger partial charge in [0.2, 0.25) is 23.7 Å². The van der Waals surface area contributed by atoms with E-state index in [1.54, 1.807) is 25.3 Å². The number of nitrogens with one attached hydrogen (secondary N) is 4. The Labute approximate surface area is 350 Å². The molecule has 3 aliphatic heterocycles. The zero-order valence-corrected chi connectivity index (χ0v) is 34.4. The lowest BCUT2D eigenvalue weighted by molar-refractivity contribution is -0.134. The molecule has 3 aromatic carbocycles. The molecule has 0 saturated carbocycles. The summed E-state index contributed by atoms with van der Waals surface area (Å²) >= 11 is 6.41. The maximum atomic E-state index is 13.2. The Balaban J connectivity index is 0.814. The first kappa shape index (κ1) is 41.4. The van der Waals surface area contributed by atoms with E-state index in [0.717, 1.165) is 69.8 Å². The molecule has 4 N–H and O–H groups in total. The van der Waals surface area contributed by atoms with E-state index >= 15 is 0 Å². The van der Waals surface area contributed by atoms with Gasteiger partial charge in [-0.3, -0.25) is 24.5 Å². The third-order valence-electron chi connectivity index (χ3n) is 11.4. The fourth-order valence-corrected chi connectivity index (χ4v) is 8.14.